The van der Waals surface area contributed by atoms with Crippen molar-refractivity contribution in [2.24, 2.45) is 0 Å². The number of nitrogens with zero attached hydrogens (tertiary/aromatic N) is 2. The summed E-state index contributed by atoms with van der Waals surface area (Å²) in [6, 6.07) is 15.3. The molecule has 27 heavy (non-hydrogen) atoms. The molecule has 0 saturated carbocycles. The molecule has 0 aliphatic carbocycles. The molecule has 2 aromatic heterocycles. The fourth-order valence-electron chi connectivity index (χ4n) is 4.41. The second-order valence-electron chi connectivity index (χ2n) is 7.61. The van der Waals surface area contributed by atoms with E-state index in [1.54, 1.807) is 0 Å². The fourth-order valence-corrected chi connectivity index (χ4v) is 4.41. The van der Waals surface area contributed by atoms with Crippen LogP contribution in [-0.4, -0.2) is 47.6 Å². The van der Waals surface area contributed by atoms with Crippen molar-refractivity contribution in [3.8, 4) is 0 Å². The standard InChI is InChI=1S/C23H26N4/c1-17-4-2-5-19-18(16-25-23(17)19)9-11-26-12-14-27(15-13-26)22-7-3-6-21-20(22)8-10-24-21/h2-8,10,16,24-25H,9,11-15H2,1H3. The molecule has 3 heterocycles. The molecular weight excluding hydrogens is 332 g/mol. The summed E-state index contributed by atoms with van der Waals surface area (Å²) < 4.78 is 0. The van der Waals surface area contributed by atoms with E-state index in [-0.39, 0.29) is 0 Å². The number of piperazine rings is 1. The molecule has 1 aliphatic rings. The third-order valence-corrected chi connectivity index (χ3v) is 5.99. The van der Waals surface area contributed by atoms with Gasteiger partial charge in [-0.25, -0.2) is 0 Å². The van der Waals surface area contributed by atoms with Gasteiger partial charge in [0.25, 0.3) is 0 Å². The lowest BCUT2D eigenvalue weighted by molar-refractivity contribution is 0.261. The minimum Gasteiger partial charge on any atom is -0.368 e. The number of aromatic amines is 2. The second kappa shape index (κ2) is 6.78. The van der Waals surface area contributed by atoms with E-state index >= 15 is 0 Å². The highest BCUT2D eigenvalue weighted by Gasteiger charge is 2.19. The van der Waals surface area contributed by atoms with Crippen LogP contribution in [0.2, 0.25) is 0 Å². The summed E-state index contributed by atoms with van der Waals surface area (Å²) in [6.45, 7) is 7.74. The van der Waals surface area contributed by atoms with E-state index in [2.05, 4.69) is 75.4 Å². The van der Waals surface area contributed by atoms with Crippen molar-refractivity contribution in [1.29, 1.82) is 0 Å². The van der Waals surface area contributed by atoms with Gasteiger partial charge >= 0.3 is 0 Å². The van der Waals surface area contributed by atoms with Gasteiger partial charge in [-0.1, -0.05) is 24.3 Å². The number of aryl methyl sites for hydroxylation is 1. The maximum Gasteiger partial charge on any atom is 0.0486 e. The smallest absolute Gasteiger partial charge is 0.0486 e. The van der Waals surface area contributed by atoms with E-state index in [1.165, 1.54) is 38.6 Å². The molecule has 1 saturated heterocycles. The summed E-state index contributed by atoms with van der Waals surface area (Å²) in [7, 11) is 0. The molecule has 4 aromatic rings. The van der Waals surface area contributed by atoms with Crippen molar-refractivity contribution in [3.63, 3.8) is 0 Å². The summed E-state index contributed by atoms with van der Waals surface area (Å²) in [5.41, 5.74) is 6.64. The first-order valence-corrected chi connectivity index (χ1v) is 9.88. The third-order valence-electron chi connectivity index (χ3n) is 5.99. The molecule has 0 amide bonds. The molecule has 0 unspecified atom stereocenters. The Labute approximate surface area is 159 Å². The zero-order chi connectivity index (χ0) is 18.2. The lowest BCUT2D eigenvalue weighted by Gasteiger charge is -2.36. The zero-order valence-corrected chi connectivity index (χ0v) is 15.8. The monoisotopic (exact) mass is 358 g/mol. The number of nitrogens with one attached hydrogen (secondary N) is 2. The predicted molar refractivity (Wildman–Crippen MR) is 114 cm³/mol. The van der Waals surface area contributed by atoms with Gasteiger partial charge in [0.2, 0.25) is 0 Å². The van der Waals surface area contributed by atoms with Crippen molar-refractivity contribution in [2.75, 3.05) is 37.6 Å². The molecule has 2 N–H and O–H groups in total. The molecule has 0 radical (unpaired) electrons. The summed E-state index contributed by atoms with van der Waals surface area (Å²) in [4.78, 5) is 11.9. The average Bonchev–Trinajstić information content (AvgIpc) is 3.34. The van der Waals surface area contributed by atoms with Crippen molar-refractivity contribution < 1.29 is 0 Å². The van der Waals surface area contributed by atoms with Gasteiger partial charge in [-0.15, -0.1) is 0 Å². The molecule has 138 valence electrons. The highest BCUT2D eigenvalue weighted by atomic mass is 15.3. The van der Waals surface area contributed by atoms with Gasteiger partial charge < -0.3 is 14.9 Å². The molecule has 2 aromatic carbocycles. The predicted octanol–water partition coefficient (Wildman–Crippen LogP) is 4.32. The van der Waals surface area contributed by atoms with Crippen LogP contribution >= 0.6 is 0 Å². The van der Waals surface area contributed by atoms with E-state index in [0.717, 1.165) is 39.1 Å². The molecule has 0 atom stereocenters. The van der Waals surface area contributed by atoms with Gasteiger partial charge in [0, 0.05) is 72.6 Å². The lowest BCUT2D eigenvalue weighted by Crippen LogP contribution is -2.47. The van der Waals surface area contributed by atoms with Gasteiger partial charge in [-0.2, -0.15) is 0 Å². The first-order valence-electron chi connectivity index (χ1n) is 9.88. The summed E-state index contributed by atoms with van der Waals surface area (Å²) in [6.07, 6.45) is 5.34. The molecule has 1 fully saturated rings. The number of hydrogen-bond donors (Lipinski definition) is 2. The maximum atomic E-state index is 3.46. The van der Waals surface area contributed by atoms with Gasteiger partial charge in [0.15, 0.2) is 0 Å². The Bertz CT molecular complexity index is 1070. The minimum atomic E-state index is 1.09. The number of hydrogen-bond acceptors (Lipinski definition) is 2. The van der Waals surface area contributed by atoms with Gasteiger partial charge in [0.05, 0.1) is 0 Å². The van der Waals surface area contributed by atoms with Crippen LogP contribution in [0.25, 0.3) is 21.8 Å². The fraction of sp³-hybridized carbons (Fsp3) is 0.304. The van der Waals surface area contributed by atoms with Crippen LogP contribution < -0.4 is 4.90 Å². The first-order chi connectivity index (χ1) is 13.3. The van der Waals surface area contributed by atoms with E-state index < -0.39 is 0 Å². The third kappa shape index (κ3) is 3.00. The van der Waals surface area contributed by atoms with Crippen LogP contribution in [0, 0.1) is 6.92 Å². The lowest BCUT2D eigenvalue weighted by atomic mass is 10.1. The van der Waals surface area contributed by atoms with Crippen molar-refractivity contribution in [2.45, 2.75) is 13.3 Å². The van der Waals surface area contributed by atoms with E-state index in [4.69, 9.17) is 0 Å². The van der Waals surface area contributed by atoms with Gasteiger partial charge in [-0.05, 0) is 42.7 Å². The van der Waals surface area contributed by atoms with Crippen LogP contribution in [0.4, 0.5) is 5.69 Å². The Kier molecular flexibility index (Phi) is 4.13. The van der Waals surface area contributed by atoms with Crippen molar-refractivity contribution >= 4 is 27.5 Å². The minimum absolute atomic E-state index is 1.09. The number of aromatic nitrogens is 2. The summed E-state index contributed by atoms with van der Waals surface area (Å²) >= 11 is 0. The number of anilines is 1. The molecule has 0 spiro atoms. The molecule has 4 nitrogen and oxygen atoms in total. The largest absolute Gasteiger partial charge is 0.368 e. The number of H-pyrrole nitrogens is 2. The van der Waals surface area contributed by atoms with Gasteiger partial charge in [-0.3, -0.25) is 4.90 Å². The maximum absolute atomic E-state index is 3.46. The van der Waals surface area contributed by atoms with Crippen LogP contribution in [0.1, 0.15) is 11.1 Å². The van der Waals surface area contributed by atoms with E-state index in [0.29, 0.717) is 0 Å². The number of para-hydroxylation sites is 1. The quantitative estimate of drug-likeness (QED) is 0.570. The van der Waals surface area contributed by atoms with Gasteiger partial charge in [0.1, 0.15) is 0 Å². The second-order valence-corrected chi connectivity index (χ2v) is 7.61. The molecule has 4 heteroatoms. The highest BCUT2D eigenvalue weighted by Crippen LogP contribution is 2.27. The Morgan fingerprint density at radius 2 is 1.74 bits per heavy atom. The molecule has 5 rings (SSSR count). The summed E-state index contributed by atoms with van der Waals surface area (Å²) in [5.74, 6) is 0. The Balaban J connectivity index is 1.23. The molecular formula is C23H26N4. The topological polar surface area (TPSA) is 38.1 Å². The van der Waals surface area contributed by atoms with Crippen molar-refractivity contribution in [1.82, 2.24) is 14.9 Å². The normalized spacial score (nSPS) is 15.8. The Morgan fingerprint density at radius 1 is 0.889 bits per heavy atom. The Morgan fingerprint density at radius 3 is 2.63 bits per heavy atom. The van der Waals surface area contributed by atoms with Crippen LogP contribution in [0.5, 0.6) is 0 Å². The van der Waals surface area contributed by atoms with E-state index in [1.807, 2.05) is 6.20 Å². The van der Waals surface area contributed by atoms with E-state index in [9.17, 15) is 0 Å². The van der Waals surface area contributed by atoms with Crippen molar-refractivity contribution in [3.05, 3.63) is 66.0 Å². The number of benzene rings is 2. The zero-order valence-electron chi connectivity index (χ0n) is 15.8. The Hall–Kier alpha value is -2.72. The van der Waals surface area contributed by atoms with Crippen LogP contribution in [0.15, 0.2) is 54.9 Å². The number of rotatable bonds is 4. The summed E-state index contributed by atoms with van der Waals surface area (Å²) in [5, 5.41) is 2.72. The molecule has 1 aliphatic heterocycles. The van der Waals surface area contributed by atoms with Crippen LogP contribution in [0.3, 0.4) is 0 Å². The number of fused-ring (bicyclic) bond motifs is 2. The van der Waals surface area contributed by atoms with Crippen LogP contribution in [-0.2, 0) is 6.42 Å². The highest BCUT2D eigenvalue weighted by molar-refractivity contribution is 5.92. The SMILES string of the molecule is Cc1cccc2c(CCN3CCN(c4cccc5[nH]ccc45)CC3)c[nH]c12. The molecule has 0 bridgehead atoms. The average molecular weight is 358 g/mol. The first kappa shape index (κ1) is 16.5.